The number of ketones is 1. The Morgan fingerprint density at radius 1 is 0.970 bits per heavy atom. The number of rotatable bonds is 9. The molecule has 0 aromatic heterocycles. The minimum absolute atomic E-state index is 0.0360. The van der Waals surface area contributed by atoms with Crippen LogP contribution in [0, 0.1) is 6.92 Å². The van der Waals surface area contributed by atoms with Crippen molar-refractivity contribution in [3.05, 3.63) is 59.2 Å². The molecule has 2 aromatic rings. The van der Waals surface area contributed by atoms with Crippen LogP contribution in [0.1, 0.15) is 46.0 Å². The summed E-state index contributed by atoms with van der Waals surface area (Å²) in [7, 11) is -7.34. The molecule has 33 heavy (non-hydrogen) atoms. The number of aryl methyl sites for hydroxylation is 1. The molecular formula is C22H26N2O7S2. The quantitative estimate of drug-likeness (QED) is 0.418. The van der Waals surface area contributed by atoms with Crippen molar-refractivity contribution in [3.63, 3.8) is 0 Å². The maximum absolute atomic E-state index is 12.6. The van der Waals surface area contributed by atoms with Crippen LogP contribution in [-0.2, 0) is 24.8 Å². The Morgan fingerprint density at radius 3 is 2.18 bits per heavy atom. The lowest BCUT2D eigenvalue weighted by atomic mass is 10.1. The van der Waals surface area contributed by atoms with Gasteiger partial charge >= 0.3 is 5.97 Å². The fraction of sp³-hybridized carbons (Fsp3) is 0.364. The molecule has 0 spiro atoms. The summed E-state index contributed by atoms with van der Waals surface area (Å²) in [4.78, 5) is 25.0. The number of esters is 1. The number of nitrogens with one attached hydrogen (secondary N) is 1. The van der Waals surface area contributed by atoms with Gasteiger partial charge in [-0.2, -0.15) is 4.31 Å². The average molecular weight is 495 g/mol. The molecule has 0 amide bonds. The number of carbonyl (C=O) groups excluding carboxylic acids is 2. The van der Waals surface area contributed by atoms with Gasteiger partial charge in [0.15, 0.2) is 12.4 Å². The van der Waals surface area contributed by atoms with Crippen LogP contribution in [0.2, 0.25) is 0 Å². The van der Waals surface area contributed by atoms with Crippen LogP contribution in [0.25, 0.3) is 0 Å². The van der Waals surface area contributed by atoms with Crippen LogP contribution in [0.3, 0.4) is 0 Å². The van der Waals surface area contributed by atoms with E-state index in [1.807, 2.05) is 0 Å². The summed E-state index contributed by atoms with van der Waals surface area (Å²) in [6.45, 7) is 3.86. The predicted octanol–water partition coefficient (Wildman–Crippen LogP) is 2.12. The first-order valence-corrected chi connectivity index (χ1v) is 13.4. The SMILES string of the molecule is CCNS(=O)(=O)c1ccc(C)c(C(=O)OCC(=O)c2ccc(S(=O)(=O)N3CCCC3)cc2)c1. The Kier molecular flexibility index (Phi) is 7.68. The first-order chi connectivity index (χ1) is 15.6. The molecule has 11 heteroatoms. The molecule has 178 valence electrons. The van der Waals surface area contributed by atoms with Gasteiger partial charge in [-0.05, 0) is 61.7 Å². The predicted molar refractivity (Wildman–Crippen MR) is 121 cm³/mol. The van der Waals surface area contributed by atoms with Crippen molar-refractivity contribution >= 4 is 31.8 Å². The summed E-state index contributed by atoms with van der Waals surface area (Å²) >= 11 is 0. The summed E-state index contributed by atoms with van der Waals surface area (Å²) < 4.78 is 58.4. The third-order valence-electron chi connectivity index (χ3n) is 5.29. The van der Waals surface area contributed by atoms with Gasteiger partial charge in [-0.3, -0.25) is 4.79 Å². The number of ether oxygens (including phenoxy) is 1. The van der Waals surface area contributed by atoms with E-state index in [4.69, 9.17) is 4.74 Å². The molecule has 0 atom stereocenters. The topological polar surface area (TPSA) is 127 Å². The Hall–Kier alpha value is -2.60. The highest BCUT2D eigenvalue weighted by Gasteiger charge is 2.27. The van der Waals surface area contributed by atoms with Crippen LogP contribution >= 0.6 is 0 Å². The maximum Gasteiger partial charge on any atom is 0.338 e. The Bertz CT molecular complexity index is 1250. The van der Waals surface area contributed by atoms with Crippen molar-refractivity contribution in [2.45, 2.75) is 36.5 Å². The Balaban J connectivity index is 1.68. The zero-order valence-corrected chi connectivity index (χ0v) is 20.0. The lowest BCUT2D eigenvalue weighted by Gasteiger charge is -2.15. The second-order valence-corrected chi connectivity index (χ2v) is 11.3. The van der Waals surface area contributed by atoms with Crippen LogP contribution in [0.15, 0.2) is 52.3 Å². The Morgan fingerprint density at radius 2 is 1.58 bits per heavy atom. The minimum atomic E-state index is -3.76. The third kappa shape index (κ3) is 5.67. The van der Waals surface area contributed by atoms with Gasteiger partial charge in [-0.25, -0.2) is 26.4 Å². The fourth-order valence-corrected chi connectivity index (χ4v) is 6.03. The molecule has 1 heterocycles. The standard InChI is InChI=1S/C22H26N2O7S2/c1-3-23-32(27,28)19-9-6-16(2)20(14-19)22(26)31-15-21(25)17-7-10-18(11-8-17)33(29,30)24-12-4-5-13-24/h6-11,14,23H,3-5,12-13,15H2,1-2H3. The number of sulfonamides is 2. The van der Waals surface area contributed by atoms with Crippen LogP contribution in [0.5, 0.6) is 0 Å². The molecule has 1 N–H and O–H groups in total. The minimum Gasteiger partial charge on any atom is -0.454 e. The van der Waals surface area contributed by atoms with Gasteiger partial charge in [0.2, 0.25) is 20.0 Å². The molecule has 1 fully saturated rings. The highest BCUT2D eigenvalue weighted by Crippen LogP contribution is 2.21. The van der Waals surface area contributed by atoms with Gasteiger partial charge in [0.05, 0.1) is 15.4 Å². The molecule has 1 aliphatic heterocycles. The van der Waals surface area contributed by atoms with Crippen molar-refractivity contribution in [2.75, 3.05) is 26.2 Å². The van der Waals surface area contributed by atoms with E-state index in [1.165, 1.54) is 46.8 Å². The molecule has 0 bridgehead atoms. The highest BCUT2D eigenvalue weighted by atomic mass is 32.2. The lowest BCUT2D eigenvalue weighted by Crippen LogP contribution is -2.27. The highest BCUT2D eigenvalue weighted by molar-refractivity contribution is 7.89. The molecule has 1 aliphatic rings. The second-order valence-electron chi connectivity index (χ2n) is 7.61. The summed E-state index contributed by atoms with van der Waals surface area (Å²) in [5.41, 5.74) is 0.733. The third-order valence-corrected chi connectivity index (χ3v) is 8.74. The molecule has 2 aromatic carbocycles. The zero-order chi connectivity index (χ0) is 24.2. The van der Waals surface area contributed by atoms with E-state index >= 15 is 0 Å². The molecule has 1 saturated heterocycles. The van der Waals surface area contributed by atoms with Crippen LogP contribution in [-0.4, -0.2) is 59.1 Å². The molecule has 0 radical (unpaired) electrons. The molecule has 9 nitrogen and oxygen atoms in total. The van der Waals surface area contributed by atoms with Gasteiger partial charge in [-0.1, -0.05) is 13.0 Å². The van der Waals surface area contributed by atoms with Crippen molar-refractivity contribution in [2.24, 2.45) is 0 Å². The maximum atomic E-state index is 12.6. The van der Waals surface area contributed by atoms with Gasteiger partial charge < -0.3 is 4.74 Å². The van der Waals surface area contributed by atoms with E-state index in [9.17, 15) is 26.4 Å². The smallest absolute Gasteiger partial charge is 0.338 e. The van der Waals surface area contributed by atoms with Crippen molar-refractivity contribution in [1.82, 2.24) is 9.03 Å². The van der Waals surface area contributed by atoms with Crippen molar-refractivity contribution in [3.8, 4) is 0 Å². The van der Waals surface area contributed by atoms with Crippen LogP contribution in [0.4, 0.5) is 0 Å². The van der Waals surface area contributed by atoms with Gasteiger partial charge in [0.25, 0.3) is 0 Å². The lowest BCUT2D eigenvalue weighted by molar-refractivity contribution is 0.0473. The number of Topliss-reactive ketones (excluding diaryl/α,β-unsaturated/α-hetero) is 1. The largest absolute Gasteiger partial charge is 0.454 e. The summed E-state index contributed by atoms with van der Waals surface area (Å²) in [6, 6.07) is 9.57. The second kappa shape index (κ2) is 10.1. The van der Waals surface area contributed by atoms with Crippen molar-refractivity contribution in [1.29, 1.82) is 0 Å². The number of carbonyl (C=O) groups is 2. The first-order valence-electron chi connectivity index (χ1n) is 10.5. The van der Waals surface area contributed by atoms with E-state index in [1.54, 1.807) is 13.8 Å². The van der Waals surface area contributed by atoms with Gasteiger partial charge in [-0.15, -0.1) is 0 Å². The summed E-state index contributed by atoms with van der Waals surface area (Å²) in [5, 5.41) is 0. The van der Waals surface area contributed by atoms with E-state index in [-0.39, 0.29) is 27.5 Å². The summed E-state index contributed by atoms with van der Waals surface area (Å²) in [6.07, 6.45) is 1.65. The van der Waals surface area contributed by atoms with E-state index in [2.05, 4.69) is 4.72 Å². The van der Waals surface area contributed by atoms with Gasteiger partial charge in [0.1, 0.15) is 0 Å². The average Bonchev–Trinajstić information content (AvgIpc) is 3.33. The molecule has 0 unspecified atom stereocenters. The Labute approximate surface area is 193 Å². The first kappa shape index (κ1) is 25.0. The molecule has 0 aliphatic carbocycles. The molecular weight excluding hydrogens is 468 g/mol. The van der Waals surface area contributed by atoms with E-state index in [0.717, 1.165) is 12.8 Å². The number of benzene rings is 2. The van der Waals surface area contributed by atoms with Gasteiger partial charge in [0, 0.05) is 25.2 Å². The van der Waals surface area contributed by atoms with Crippen LogP contribution < -0.4 is 4.72 Å². The number of hydrogen-bond donors (Lipinski definition) is 1. The monoisotopic (exact) mass is 494 g/mol. The number of hydrogen-bond acceptors (Lipinski definition) is 7. The van der Waals surface area contributed by atoms with E-state index in [0.29, 0.717) is 18.7 Å². The fourth-order valence-electron chi connectivity index (χ4n) is 3.44. The molecule has 0 saturated carbocycles. The molecule has 3 rings (SSSR count). The number of nitrogens with zero attached hydrogens (tertiary/aromatic N) is 1. The van der Waals surface area contributed by atoms with E-state index < -0.39 is 38.4 Å². The van der Waals surface area contributed by atoms with Crippen molar-refractivity contribution < 1.29 is 31.2 Å². The zero-order valence-electron chi connectivity index (χ0n) is 18.4. The summed E-state index contributed by atoms with van der Waals surface area (Å²) in [5.74, 6) is -1.34. The normalized spacial score (nSPS) is 14.8.